The number of benzene rings is 1. The van der Waals surface area contributed by atoms with E-state index >= 15 is 0 Å². The van der Waals surface area contributed by atoms with E-state index in [-0.39, 0.29) is 30.0 Å². The van der Waals surface area contributed by atoms with E-state index in [1.807, 2.05) is 10.6 Å². The number of imidazole rings is 1. The maximum atomic E-state index is 13.4. The van der Waals surface area contributed by atoms with Crippen LogP contribution in [0.3, 0.4) is 0 Å². The first-order valence-corrected chi connectivity index (χ1v) is 13.3. The summed E-state index contributed by atoms with van der Waals surface area (Å²) < 4.78 is 3.51. The fraction of sp³-hybridized carbons (Fsp3) is 0.654. The van der Waals surface area contributed by atoms with Crippen LogP contribution in [0.2, 0.25) is 0 Å². The fourth-order valence-electron chi connectivity index (χ4n) is 6.12. The van der Waals surface area contributed by atoms with E-state index in [2.05, 4.69) is 32.6 Å². The first kappa shape index (κ1) is 22.9. The minimum atomic E-state index is -0.624. The molecule has 35 heavy (non-hydrogen) atoms. The zero-order valence-corrected chi connectivity index (χ0v) is 20.4. The molecule has 1 aliphatic carbocycles. The molecule has 4 aliphatic rings. The van der Waals surface area contributed by atoms with Crippen LogP contribution >= 0.6 is 0 Å². The molecule has 3 aliphatic heterocycles. The maximum absolute atomic E-state index is 13.4. The molecule has 2 N–H and O–H groups in total. The number of hydrogen-bond acceptors (Lipinski definition) is 6. The topological polar surface area (TPSA) is 91.6 Å². The molecule has 2 aromatic rings. The normalized spacial score (nSPS) is 25.3. The van der Waals surface area contributed by atoms with E-state index in [4.69, 9.17) is 0 Å². The zero-order valence-electron chi connectivity index (χ0n) is 20.4. The number of aromatic nitrogens is 2. The van der Waals surface area contributed by atoms with Gasteiger partial charge in [0.25, 0.3) is 0 Å². The van der Waals surface area contributed by atoms with E-state index in [0.717, 1.165) is 75.6 Å². The summed E-state index contributed by atoms with van der Waals surface area (Å²) in [6.45, 7) is 8.78. The highest BCUT2D eigenvalue weighted by atomic mass is 16.2. The first-order valence-electron chi connectivity index (χ1n) is 13.3. The van der Waals surface area contributed by atoms with Gasteiger partial charge in [-0.05, 0) is 68.8 Å². The molecule has 9 heteroatoms. The predicted molar refractivity (Wildman–Crippen MR) is 133 cm³/mol. The van der Waals surface area contributed by atoms with Crippen LogP contribution < -0.4 is 16.3 Å². The van der Waals surface area contributed by atoms with E-state index < -0.39 is 6.04 Å². The van der Waals surface area contributed by atoms with Gasteiger partial charge in [0.1, 0.15) is 6.04 Å². The molecule has 6 rings (SSSR count). The summed E-state index contributed by atoms with van der Waals surface area (Å²) in [4.78, 5) is 42.8. The van der Waals surface area contributed by atoms with Crippen molar-refractivity contribution in [1.29, 1.82) is 0 Å². The summed E-state index contributed by atoms with van der Waals surface area (Å²) in [7, 11) is 0. The van der Waals surface area contributed by atoms with Crippen molar-refractivity contribution in [3.05, 3.63) is 34.2 Å². The standard InChI is InChI=1S/C26H36N6O3/c33-24-6-5-22(25(34)28-24)32-21-4-1-19(15-23(21)31(26(32)35)20-2-3-20)17-30-13-11-29(12-14-30)16-18-7-9-27-10-8-18/h1,4,15,18,20,22,27H,2-3,5-14,16-17H2,(H,28,33,34). The molecule has 4 fully saturated rings. The number of carbonyl (C=O) groups excluding carboxylic acids is 2. The van der Waals surface area contributed by atoms with Crippen LogP contribution in [0.5, 0.6) is 0 Å². The third-order valence-corrected chi connectivity index (χ3v) is 8.25. The highest BCUT2D eigenvalue weighted by Crippen LogP contribution is 2.37. The number of piperidine rings is 2. The Morgan fingerprint density at radius 3 is 2.29 bits per heavy atom. The number of amides is 2. The number of imide groups is 1. The van der Waals surface area contributed by atoms with Gasteiger partial charge in [-0.2, -0.15) is 0 Å². The number of carbonyl (C=O) groups is 2. The SMILES string of the molecule is O=C1CCC(n2c(=O)n(C3CC3)c3cc(CN4CCN(CC5CCNCC5)CC4)ccc32)C(=O)N1. The average molecular weight is 481 g/mol. The van der Waals surface area contributed by atoms with Crippen LogP contribution in [0.4, 0.5) is 0 Å². The Kier molecular flexibility index (Phi) is 6.24. The molecule has 1 atom stereocenters. The Morgan fingerprint density at radius 2 is 1.57 bits per heavy atom. The van der Waals surface area contributed by atoms with Crippen LogP contribution in [0, 0.1) is 5.92 Å². The van der Waals surface area contributed by atoms with Crippen molar-refractivity contribution in [2.24, 2.45) is 5.92 Å². The summed E-state index contributed by atoms with van der Waals surface area (Å²) in [5.41, 5.74) is 2.80. The summed E-state index contributed by atoms with van der Waals surface area (Å²) in [5.74, 6) is 0.200. The van der Waals surface area contributed by atoms with E-state index in [1.165, 1.54) is 24.9 Å². The van der Waals surface area contributed by atoms with Crippen LogP contribution in [0.15, 0.2) is 23.0 Å². The number of fused-ring (bicyclic) bond motifs is 1. The number of nitrogens with zero attached hydrogens (tertiary/aromatic N) is 4. The minimum Gasteiger partial charge on any atom is -0.317 e. The van der Waals surface area contributed by atoms with Gasteiger partial charge in [0.2, 0.25) is 11.8 Å². The lowest BCUT2D eigenvalue weighted by Gasteiger charge is -2.37. The Balaban J connectivity index is 1.18. The molecule has 1 saturated carbocycles. The molecule has 1 aromatic heterocycles. The zero-order chi connectivity index (χ0) is 23.9. The molecule has 4 heterocycles. The van der Waals surface area contributed by atoms with Gasteiger partial charge in [-0.15, -0.1) is 0 Å². The second-order valence-electron chi connectivity index (χ2n) is 10.8. The van der Waals surface area contributed by atoms with Gasteiger partial charge in [-0.3, -0.25) is 28.9 Å². The summed E-state index contributed by atoms with van der Waals surface area (Å²) in [5, 5.41) is 5.87. The predicted octanol–water partition coefficient (Wildman–Crippen LogP) is 1.23. The first-order chi connectivity index (χ1) is 17.1. The molecule has 188 valence electrons. The molecule has 9 nitrogen and oxygen atoms in total. The van der Waals surface area contributed by atoms with Crippen molar-refractivity contribution in [3.63, 3.8) is 0 Å². The van der Waals surface area contributed by atoms with Gasteiger partial charge >= 0.3 is 5.69 Å². The van der Waals surface area contributed by atoms with Crippen LogP contribution in [-0.4, -0.2) is 76.6 Å². The van der Waals surface area contributed by atoms with Crippen LogP contribution in [0.1, 0.15) is 56.2 Å². The van der Waals surface area contributed by atoms with Crippen LogP contribution in [-0.2, 0) is 16.1 Å². The molecule has 3 saturated heterocycles. The molecule has 0 radical (unpaired) electrons. The van der Waals surface area contributed by atoms with Crippen molar-refractivity contribution in [1.82, 2.24) is 29.6 Å². The fourth-order valence-corrected chi connectivity index (χ4v) is 6.12. The maximum Gasteiger partial charge on any atom is 0.330 e. The van der Waals surface area contributed by atoms with Crippen LogP contribution in [0.25, 0.3) is 11.0 Å². The quantitative estimate of drug-likeness (QED) is 0.605. The molecule has 1 unspecified atom stereocenters. The van der Waals surface area contributed by atoms with Crippen molar-refractivity contribution < 1.29 is 9.59 Å². The Labute approximate surface area is 205 Å². The highest BCUT2D eigenvalue weighted by molar-refractivity contribution is 6.00. The lowest BCUT2D eigenvalue weighted by atomic mass is 9.97. The summed E-state index contributed by atoms with van der Waals surface area (Å²) in [6, 6.07) is 5.85. The summed E-state index contributed by atoms with van der Waals surface area (Å²) in [6.07, 6.45) is 5.22. The molecule has 1 aromatic carbocycles. The van der Waals surface area contributed by atoms with Crippen molar-refractivity contribution in [2.45, 2.75) is 57.2 Å². The van der Waals surface area contributed by atoms with Gasteiger partial charge in [0, 0.05) is 51.7 Å². The Bertz CT molecular complexity index is 1170. The number of hydrogen-bond donors (Lipinski definition) is 2. The van der Waals surface area contributed by atoms with E-state index in [0.29, 0.717) is 6.42 Å². The number of rotatable bonds is 6. The smallest absolute Gasteiger partial charge is 0.317 e. The second-order valence-corrected chi connectivity index (χ2v) is 10.8. The monoisotopic (exact) mass is 480 g/mol. The number of nitrogens with one attached hydrogen (secondary N) is 2. The second kappa shape index (κ2) is 9.52. The van der Waals surface area contributed by atoms with E-state index in [1.54, 1.807) is 4.57 Å². The third-order valence-electron chi connectivity index (χ3n) is 8.25. The summed E-state index contributed by atoms with van der Waals surface area (Å²) >= 11 is 0. The van der Waals surface area contributed by atoms with Gasteiger partial charge in [-0.1, -0.05) is 6.07 Å². The van der Waals surface area contributed by atoms with Gasteiger partial charge in [0.05, 0.1) is 11.0 Å². The van der Waals surface area contributed by atoms with Crippen molar-refractivity contribution >= 4 is 22.8 Å². The molecule has 0 bridgehead atoms. The van der Waals surface area contributed by atoms with Gasteiger partial charge < -0.3 is 10.2 Å². The molecular formula is C26H36N6O3. The average Bonchev–Trinajstić information content (AvgIpc) is 3.65. The number of piperazine rings is 1. The minimum absolute atomic E-state index is 0.124. The Hall–Kier alpha value is -2.49. The van der Waals surface area contributed by atoms with E-state index in [9.17, 15) is 14.4 Å². The largest absolute Gasteiger partial charge is 0.330 e. The van der Waals surface area contributed by atoms with Crippen molar-refractivity contribution in [2.75, 3.05) is 45.8 Å². The lowest BCUT2D eigenvalue weighted by molar-refractivity contribution is -0.135. The van der Waals surface area contributed by atoms with Crippen molar-refractivity contribution in [3.8, 4) is 0 Å². The Morgan fingerprint density at radius 1 is 0.829 bits per heavy atom. The highest BCUT2D eigenvalue weighted by Gasteiger charge is 2.35. The lowest BCUT2D eigenvalue weighted by Crippen LogP contribution is -2.48. The third kappa shape index (κ3) is 4.69. The molecule has 2 amide bonds. The molecular weight excluding hydrogens is 444 g/mol. The molecule has 0 spiro atoms. The van der Waals surface area contributed by atoms with Gasteiger partial charge in [-0.25, -0.2) is 4.79 Å². The van der Waals surface area contributed by atoms with Gasteiger partial charge in [0.15, 0.2) is 0 Å².